The minimum absolute atomic E-state index is 0.107. The summed E-state index contributed by atoms with van der Waals surface area (Å²) in [5.41, 5.74) is -0.110. The van der Waals surface area contributed by atoms with Crippen molar-refractivity contribution in [3.63, 3.8) is 0 Å². The molecule has 0 atom stereocenters. The van der Waals surface area contributed by atoms with Gasteiger partial charge in [0.1, 0.15) is 5.75 Å². The van der Waals surface area contributed by atoms with Gasteiger partial charge < -0.3 is 9.84 Å². The van der Waals surface area contributed by atoms with Crippen LogP contribution in [0.15, 0.2) is 23.1 Å². The number of rotatable bonds is 6. The molecule has 1 aromatic carbocycles. The molecule has 0 aliphatic heterocycles. The fraction of sp³-hybridized carbons (Fsp3) is 0.364. The molecule has 6 nitrogen and oxygen atoms in total. The molecule has 0 aromatic heterocycles. The summed E-state index contributed by atoms with van der Waals surface area (Å²) in [7, 11) is 0. The lowest BCUT2D eigenvalue weighted by Crippen LogP contribution is -2.06. The van der Waals surface area contributed by atoms with Crippen LogP contribution < -0.4 is 4.74 Å². The van der Waals surface area contributed by atoms with E-state index >= 15 is 0 Å². The zero-order valence-corrected chi connectivity index (χ0v) is 10.8. The summed E-state index contributed by atoms with van der Waals surface area (Å²) in [6, 6.07) is 4.26. The molecule has 0 bridgehead atoms. The number of aliphatic carboxylic acids is 1. The SMILES string of the molecule is CC(C)Oc1cc(SCC(=O)O)cc([N+](=O)[O-])c1. The molecule has 0 aliphatic rings. The molecular weight excluding hydrogens is 258 g/mol. The molecule has 18 heavy (non-hydrogen) atoms. The molecule has 0 saturated heterocycles. The molecule has 0 radical (unpaired) electrons. The Morgan fingerprint density at radius 3 is 2.67 bits per heavy atom. The average molecular weight is 271 g/mol. The standard InChI is InChI=1S/C11H13NO5S/c1-7(2)17-9-3-8(12(15)16)4-10(5-9)18-6-11(13)14/h3-5,7H,6H2,1-2H3,(H,13,14). The lowest BCUT2D eigenvalue weighted by Gasteiger charge is -2.10. The molecule has 0 amide bonds. The van der Waals surface area contributed by atoms with Crippen LogP contribution >= 0.6 is 11.8 Å². The number of carbonyl (C=O) groups is 1. The van der Waals surface area contributed by atoms with Gasteiger partial charge >= 0.3 is 5.97 Å². The number of thioether (sulfide) groups is 1. The van der Waals surface area contributed by atoms with Crippen molar-refractivity contribution in [2.45, 2.75) is 24.8 Å². The van der Waals surface area contributed by atoms with Gasteiger partial charge in [-0.3, -0.25) is 14.9 Å². The van der Waals surface area contributed by atoms with Crippen molar-refractivity contribution in [3.05, 3.63) is 28.3 Å². The van der Waals surface area contributed by atoms with Gasteiger partial charge in [-0.1, -0.05) is 0 Å². The highest BCUT2D eigenvalue weighted by Gasteiger charge is 2.12. The topological polar surface area (TPSA) is 89.7 Å². The number of hydrogen-bond acceptors (Lipinski definition) is 5. The van der Waals surface area contributed by atoms with Crippen LogP contribution in [0.4, 0.5) is 5.69 Å². The first-order chi connectivity index (χ1) is 8.38. The number of nitro groups is 1. The van der Waals surface area contributed by atoms with Crippen molar-refractivity contribution in [2.24, 2.45) is 0 Å². The molecule has 0 fully saturated rings. The normalized spacial score (nSPS) is 10.4. The second-order valence-corrected chi connectivity index (χ2v) is 4.82. The van der Waals surface area contributed by atoms with Crippen LogP contribution in [0, 0.1) is 10.1 Å². The Morgan fingerprint density at radius 2 is 2.17 bits per heavy atom. The molecule has 0 aliphatic carbocycles. The minimum atomic E-state index is -0.974. The van der Waals surface area contributed by atoms with Crippen LogP contribution in [0.25, 0.3) is 0 Å². The van der Waals surface area contributed by atoms with Crippen molar-refractivity contribution >= 4 is 23.4 Å². The number of nitro benzene ring substituents is 1. The summed E-state index contributed by atoms with van der Waals surface area (Å²) in [5, 5.41) is 19.3. The third kappa shape index (κ3) is 4.62. The molecule has 0 spiro atoms. The van der Waals surface area contributed by atoms with E-state index in [0.717, 1.165) is 11.8 Å². The number of non-ortho nitro benzene ring substituents is 1. The summed E-state index contributed by atoms with van der Waals surface area (Å²) >= 11 is 1.02. The highest BCUT2D eigenvalue weighted by atomic mass is 32.2. The van der Waals surface area contributed by atoms with Gasteiger partial charge in [0.15, 0.2) is 0 Å². The van der Waals surface area contributed by atoms with Crippen molar-refractivity contribution < 1.29 is 19.6 Å². The summed E-state index contributed by atoms with van der Waals surface area (Å²) in [6.07, 6.45) is -0.107. The maximum atomic E-state index is 10.8. The zero-order chi connectivity index (χ0) is 13.7. The second kappa shape index (κ2) is 6.25. The van der Waals surface area contributed by atoms with Gasteiger partial charge in [-0.05, 0) is 19.9 Å². The van der Waals surface area contributed by atoms with Crippen LogP contribution in [0.3, 0.4) is 0 Å². The Morgan fingerprint density at radius 1 is 1.50 bits per heavy atom. The van der Waals surface area contributed by atoms with Crippen molar-refractivity contribution in [1.29, 1.82) is 0 Å². The number of ether oxygens (including phenoxy) is 1. The number of carboxylic acid groups (broad SMARTS) is 1. The molecule has 0 saturated carbocycles. The fourth-order valence-electron chi connectivity index (χ4n) is 1.23. The zero-order valence-electron chi connectivity index (χ0n) is 9.95. The molecule has 7 heteroatoms. The third-order valence-corrected chi connectivity index (χ3v) is 2.77. The number of hydrogen-bond donors (Lipinski definition) is 1. The van der Waals surface area contributed by atoms with Crippen LogP contribution in [0.1, 0.15) is 13.8 Å². The van der Waals surface area contributed by atoms with Gasteiger partial charge in [0.25, 0.3) is 5.69 Å². The van der Waals surface area contributed by atoms with Crippen molar-refractivity contribution in [1.82, 2.24) is 0 Å². The Balaban J connectivity index is 2.97. The summed E-state index contributed by atoms with van der Waals surface area (Å²) in [5.74, 6) is -0.757. The highest BCUT2D eigenvalue weighted by Crippen LogP contribution is 2.29. The van der Waals surface area contributed by atoms with E-state index in [2.05, 4.69) is 0 Å². The third-order valence-electron chi connectivity index (χ3n) is 1.81. The molecule has 1 N–H and O–H groups in total. The predicted molar refractivity (Wildman–Crippen MR) is 67.2 cm³/mol. The van der Waals surface area contributed by atoms with Gasteiger partial charge in [0.05, 0.1) is 22.8 Å². The maximum Gasteiger partial charge on any atom is 0.313 e. The molecule has 0 heterocycles. The molecule has 0 unspecified atom stereocenters. The lowest BCUT2D eigenvalue weighted by atomic mass is 10.3. The van der Waals surface area contributed by atoms with Gasteiger partial charge in [0, 0.05) is 11.0 Å². The van der Waals surface area contributed by atoms with Gasteiger partial charge in [-0.2, -0.15) is 0 Å². The first kappa shape index (κ1) is 14.3. The van der Waals surface area contributed by atoms with E-state index < -0.39 is 10.9 Å². The van der Waals surface area contributed by atoms with Gasteiger partial charge in [-0.25, -0.2) is 0 Å². The van der Waals surface area contributed by atoms with E-state index in [1.807, 2.05) is 13.8 Å². The highest BCUT2D eigenvalue weighted by molar-refractivity contribution is 8.00. The Hall–Kier alpha value is -1.76. The van der Waals surface area contributed by atoms with E-state index in [0.29, 0.717) is 10.6 Å². The number of carboxylic acids is 1. The van der Waals surface area contributed by atoms with Gasteiger partial charge in [0.2, 0.25) is 0 Å². The van der Waals surface area contributed by atoms with E-state index in [9.17, 15) is 14.9 Å². The van der Waals surface area contributed by atoms with Crippen LogP contribution in [0.2, 0.25) is 0 Å². The quantitative estimate of drug-likeness (QED) is 0.486. The summed E-state index contributed by atoms with van der Waals surface area (Å²) < 4.78 is 5.39. The van der Waals surface area contributed by atoms with E-state index in [1.54, 1.807) is 6.07 Å². The molecule has 1 rings (SSSR count). The first-order valence-corrected chi connectivity index (χ1v) is 6.18. The lowest BCUT2D eigenvalue weighted by molar-refractivity contribution is -0.385. The molecule has 1 aromatic rings. The summed E-state index contributed by atoms with van der Waals surface area (Å²) in [6.45, 7) is 3.62. The van der Waals surface area contributed by atoms with Crippen molar-refractivity contribution in [3.8, 4) is 5.75 Å². The fourth-order valence-corrected chi connectivity index (χ4v) is 1.92. The summed E-state index contributed by atoms with van der Waals surface area (Å²) in [4.78, 5) is 21.2. The monoisotopic (exact) mass is 271 g/mol. The smallest absolute Gasteiger partial charge is 0.313 e. The van der Waals surface area contributed by atoms with Crippen molar-refractivity contribution in [2.75, 3.05) is 5.75 Å². The Labute approximate surface area is 108 Å². The first-order valence-electron chi connectivity index (χ1n) is 5.19. The predicted octanol–water partition coefficient (Wildman–Crippen LogP) is 2.56. The number of benzene rings is 1. The Bertz CT molecular complexity index is 461. The van der Waals surface area contributed by atoms with Crippen LogP contribution in [-0.2, 0) is 4.79 Å². The largest absolute Gasteiger partial charge is 0.491 e. The Kier molecular flexibility index (Phi) is 4.96. The minimum Gasteiger partial charge on any atom is -0.491 e. The average Bonchev–Trinajstić information content (AvgIpc) is 2.25. The van der Waals surface area contributed by atoms with E-state index in [1.165, 1.54) is 12.1 Å². The molecular formula is C11H13NO5S. The number of nitrogens with zero attached hydrogens (tertiary/aromatic N) is 1. The molecule has 98 valence electrons. The van der Waals surface area contributed by atoms with Crippen LogP contribution in [-0.4, -0.2) is 27.9 Å². The van der Waals surface area contributed by atoms with Crippen LogP contribution in [0.5, 0.6) is 5.75 Å². The van der Waals surface area contributed by atoms with Gasteiger partial charge in [-0.15, -0.1) is 11.8 Å². The van der Waals surface area contributed by atoms with E-state index in [-0.39, 0.29) is 17.5 Å². The maximum absolute atomic E-state index is 10.8. The van der Waals surface area contributed by atoms with E-state index in [4.69, 9.17) is 9.84 Å². The second-order valence-electron chi connectivity index (χ2n) is 3.77.